The van der Waals surface area contributed by atoms with Crippen molar-refractivity contribution in [3.63, 3.8) is 0 Å². The van der Waals surface area contributed by atoms with Gasteiger partial charge in [0.05, 0.1) is 47.4 Å². The summed E-state index contributed by atoms with van der Waals surface area (Å²) in [5, 5.41) is 22.1. The largest absolute Gasteiger partial charge is 0.309 e. The number of nitrogens with zero attached hydrogens (tertiary/aromatic N) is 5. The molecule has 0 N–H and O–H groups in total. The maximum atomic E-state index is 10.1. The molecule has 7 aromatic rings. The van der Waals surface area contributed by atoms with Crippen molar-refractivity contribution in [3.05, 3.63) is 161 Å². The molecular formula is C40H21N5. The van der Waals surface area contributed by atoms with Gasteiger partial charge in [0.2, 0.25) is 0 Å². The molecule has 0 radical (unpaired) electrons. The van der Waals surface area contributed by atoms with Gasteiger partial charge in [-0.2, -0.15) is 10.5 Å². The van der Waals surface area contributed by atoms with Gasteiger partial charge in [0.1, 0.15) is 0 Å². The fourth-order valence-electron chi connectivity index (χ4n) is 6.19. The molecule has 1 heterocycles. The van der Waals surface area contributed by atoms with Gasteiger partial charge in [-0.15, -0.1) is 0 Å². The van der Waals surface area contributed by atoms with Crippen LogP contribution in [-0.2, 0) is 0 Å². The highest BCUT2D eigenvalue weighted by Crippen LogP contribution is 2.44. The molecule has 0 bridgehead atoms. The molecule has 0 saturated heterocycles. The van der Waals surface area contributed by atoms with Crippen LogP contribution in [0.5, 0.6) is 0 Å². The second-order valence-corrected chi connectivity index (χ2v) is 10.5. The number of hydrogen-bond donors (Lipinski definition) is 0. The van der Waals surface area contributed by atoms with E-state index in [9.17, 15) is 10.5 Å². The fourth-order valence-corrected chi connectivity index (χ4v) is 6.19. The van der Waals surface area contributed by atoms with E-state index in [4.69, 9.17) is 13.1 Å². The predicted octanol–water partition coefficient (Wildman–Crippen LogP) is 10.6. The van der Waals surface area contributed by atoms with Gasteiger partial charge in [0, 0.05) is 27.6 Å². The maximum absolute atomic E-state index is 10.1. The molecule has 6 aromatic carbocycles. The highest BCUT2D eigenvalue weighted by Gasteiger charge is 2.21. The first-order chi connectivity index (χ1) is 22.2. The van der Waals surface area contributed by atoms with Crippen LogP contribution in [0.4, 0.5) is 11.4 Å². The normalized spacial score (nSPS) is 10.6. The van der Waals surface area contributed by atoms with Crippen LogP contribution in [0.25, 0.3) is 70.6 Å². The van der Waals surface area contributed by atoms with E-state index in [0.717, 1.165) is 49.7 Å². The van der Waals surface area contributed by atoms with Gasteiger partial charge in [0.15, 0.2) is 11.4 Å². The van der Waals surface area contributed by atoms with Gasteiger partial charge in [-0.1, -0.05) is 97.1 Å². The number of para-hydroxylation sites is 1. The highest BCUT2D eigenvalue weighted by molar-refractivity contribution is 6.15. The summed E-state index contributed by atoms with van der Waals surface area (Å²) in [4.78, 5) is 7.47. The third-order valence-corrected chi connectivity index (χ3v) is 8.12. The van der Waals surface area contributed by atoms with Gasteiger partial charge in [-0.05, 0) is 52.6 Å². The van der Waals surface area contributed by atoms with Crippen LogP contribution in [0, 0.1) is 35.8 Å². The molecule has 0 aliphatic heterocycles. The minimum atomic E-state index is 0.416. The molecule has 0 fully saturated rings. The van der Waals surface area contributed by atoms with E-state index in [1.807, 2.05) is 60.7 Å². The molecule has 206 valence electrons. The Kier molecular flexibility index (Phi) is 6.62. The fraction of sp³-hybridized carbons (Fsp3) is 0. The van der Waals surface area contributed by atoms with Crippen LogP contribution in [0.3, 0.4) is 0 Å². The molecule has 7 rings (SSSR count). The molecular weight excluding hydrogens is 550 g/mol. The van der Waals surface area contributed by atoms with Crippen molar-refractivity contribution in [1.29, 1.82) is 10.5 Å². The molecule has 5 heteroatoms. The summed E-state index contributed by atoms with van der Waals surface area (Å²) in [6.45, 7) is 15.6. The van der Waals surface area contributed by atoms with Gasteiger partial charge < -0.3 is 4.57 Å². The zero-order valence-corrected chi connectivity index (χ0v) is 23.9. The van der Waals surface area contributed by atoms with Crippen LogP contribution in [-0.4, -0.2) is 4.57 Å². The van der Waals surface area contributed by atoms with Crippen molar-refractivity contribution in [2.45, 2.75) is 0 Å². The van der Waals surface area contributed by atoms with Crippen molar-refractivity contribution in [2.75, 3.05) is 0 Å². The molecule has 0 amide bonds. The summed E-state index contributed by atoms with van der Waals surface area (Å²) >= 11 is 0. The van der Waals surface area contributed by atoms with Crippen molar-refractivity contribution in [2.24, 2.45) is 0 Å². The van der Waals surface area contributed by atoms with E-state index in [2.05, 4.69) is 56.7 Å². The summed E-state index contributed by atoms with van der Waals surface area (Å²) in [5.74, 6) is 0. The van der Waals surface area contributed by atoms with Crippen molar-refractivity contribution in [3.8, 4) is 51.2 Å². The number of hydrogen-bond acceptors (Lipinski definition) is 2. The molecule has 0 unspecified atom stereocenters. The molecule has 0 aliphatic rings. The van der Waals surface area contributed by atoms with Gasteiger partial charge in [-0.3, -0.25) is 0 Å². The Morgan fingerprint density at radius 1 is 0.533 bits per heavy atom. The van der Waals surface area contributed by atoms with Crippen LogP contribution in [0.15, 0.2) is 127 Å². The monoisotopic (exact) mass is 571 g/mol. The highest BCUT2D eigenvalue weighted by atomic mass is 15.0. The average molecular weight is 572 g/mol. The first-order valence-corrected chi connectivity index (χ1v) is 14.2. The zero-order valence-electron chi connectivity index (χ0n) is 23.9. The Bertz CT molecular complexity index is 2410. The smallest absolute Gasteiger partial charge is 0.184 e. The van der Waals surface area contributed by atoms with E-state index in [1.165, 1.54) is 0 Å². The molecule has 1 aromatic heterocycles. The quantitative estimate of drug-likeness (QED) is 0.197. The molecule has 5 nitrogen and oxygen atoms in total. The van der Waals surface area contributed by atoms with Crippen molar-refractivity contribution >= 4 is 33.2 Å². The van der Waals surface area contributed by atoms with Crippen molar-refractivity contribution < 1.29 is 0 Å². The number of rotatable bonds is 4. The standard InChI is InChI=1S/C40H21N5/c1-43-35-18-9-19-36(44-2)39(35)28-20-21-32-33-16-8-17-34(38-29(24-41)13-6-14-30(38)25-42)40(33)45(37(32)23-28)31-15-7-12-27(22-31)26-10-4-3-5-11-26/h3-23H. The third kappa shape index (κ3) is 4.38. The first kappa shape index (κ1) is 26.9. The van der Waals surface area contributed by atoms with E-state index < -0.39 is 0 Å². The SMILES string of the molecule is [C-]#[N+]c1cccc([N+]#[C-])c1-c1ccc2c3cccc(-c4c(C#N)cccc4C#N)c3n(-c3cccc(-c4ccccc4)c3)c2c1. The van der Waals surface area contributed by atoms with E-state index in [1.54, 1.807) is 36.4 Å². The third-order valence-electron chi connectivity index (χ3n) is 8.12. The maximum Gasteiger partial charge on any atom is 0.184 e. The summed E-state index contributed by atoms with van der Waals surface area (Å²) < 4.78 is 2.17. The summed E-state index contributed by atoms with van der Waals surface area (Å²) in [5.41, 5.74) is 9.15. The topological polar surface area (TPSA) is 61.2 Å². The molecule has 45 heavy (non-hydrogen) atoms. The Hall–Kier alpha value is -6.92. The van der Waals surface area contributed by atoms with Crippen LogP contribution < -0.4 is 0 Å². The van der Waals surface area contributed by atoms with Gasteiger partial charge in [-0.25, -0.2) is 9.69 Å². The lowest BCUT2D eigenvalue weighted by Crippen LogP contribution is -1.98. The number of aromatic nitrogens is 1. The van der Waals surface area contributed by atoms with Gasteiger partial charge >= 0.3 is 0 Å². The lowest BCUT2D eigenvalue weighted by molar-refractivity contribution is 1.18. The number of benzene rings is 6. The first-order valence-electron chi connectivity index (χ1n) is 14.2. The van der Waals surface area contributed by atoms with Crippen LogP contribution in [0.2, 0.25) is 0 Å². The molecule has 0 atom stereocenters. The Morgan fingerprint density at radius 3 is 1.87 bits per heavy atom. The van der Waals surface area contributed by atoms with Crippen LogP contribution >= 0.6 is 0 Å². The molecule has 0 spiro atoms. The second-order valence-electron chi connectivity index (χ2n) is 10.5. The minimum absolute atomic E-state index is 0.416. The predicted molar refractivity (Wildman–Crippen MR) is 179 cm³/mol. The molecule has 0 saturated carbocycles. The summed E-state index contributed by atoms with van der Waals surface area (Å²) in [6, 6.07) is 45.5. The molecule has 0 aliphatic carbocycles. The number of fused-ring (bicyclic) bond motifs is 3. The van der Waals surface area contributed by atoms with E-state index in [-0.39, 0.29) is 0 Å². The summed E-state index contributed by atoms with van der Waals surface area (Å²) in [7, 11) is 0. The second kappa shape index (κ2) is 11.1. The van der Waals surface area contributed by atoms with Crippen molar-refractivity contribution in [1.82, 2.24) is 4.57 Å². The minimum Gasteiger partial charge on any atom is -0.309 e. The average Bonchev–Trinajstić information content (AvgIpc) is 3.45. The Morgan fingerprint density at radius 2 is 1.18 bits per heavy atom. The summed E-state index contributed by atoms with van der Waals surface area (Å²) in [6.07, 6.45) is 0. The lowest BCUT2D eigenvalue weighted by atomic mass is 9.93. The van der Waals surface area contributed by atoms with Gasteiger partial charge in [0.25, 0.3) is 0 Å². The number of nitriles is 2. The Labute approximate surface area is 260 Å². The van der Waals surface area contributed by atoms with E-state index in [0.29, 0.717) is 33.6 Å². The zero-order chi connectivity index (χ0) is 30.9. The lowest BCUT2D eigenvalue weighted by Gasteiger charge is -2.15. The van der Waals surface area contributed by atoms with Crippen LogP contribution in [0.1, 0.15) is 11.1 Å². The Balaban J connectivity index is 1.64. The van der Waals surface area contributed by atoms with E-state index >= 15 is 0 Å².